The Labute approximate surface area is 145 Å². The number of aromatic nitrogens is 1. The second kappa shape index (κ2) is 6.91. The molecule has 0 saturated carbocycles. The Kier molecular flexibility index (Phi) is 4.87. The van der Waals surface area contributed by atoms with E-state index in [1.165, 1.54) is 16.9 Å². The Morgan fingerprint density at radius 3 is 2.75 bits per heavy atom. The van der Waals surface area contributed by atoms with Crippen LogP contribution >= 0.6 is 11.3 Å². The van der Waals surface area contributed by atoms with Crippen LogP contribution in [0.3, 0.4) is 0 Å². The fraction of sp³-hybridized carbons (Fsp3) is 0.444. The van der Waals surface area contributed by atoms with Gasteiger partial charge in [0.25, 0.3) is 0 Å². The molecule has 24 heavy (non-hydrogen) atoms. The van der Waals surface area contributed by atoms with E-state index < -0.39 is 0 Å². The van der Waals surface area contributed by atoms with Crippen LogP contribution in [0.25, 0.3) is 11.3 Å². The predicted molar refractivity (Wildman–Crippen MR) is 98.7 cm³/mol. The van der Waals surface area contributed by atoms with E-state index in [-0.39, 0.29) is 10.8 Å². The highest BCUT2D eigenvalue weighted by atomic mass is 32.1. The highest BCUT2D eigenvalue weighted by molar-refractivity contribution is 7.09. The Hall–Kier alpha value is -1.92. The lowest BCUT2D eigenvalue weighted by Gasteiger charge is -2.18. The molecule has 0 saturated heterocycles. The summed E-state index contributed by atoms with van der Waals surface area (Å²) in [6.07, 6.45) is 0.864. The minimum atomic E-state index is -0.0157. The molecule has 0 atom stereocenters. The molecule has 0 aliphatic carbocycles. The van der Waals surface area contributed by atoms with E-state index in [1.54, 1.807) is 6.92 Å². The third kappa shape index (κ3) is 3.16. The summed E-state index contributed by atoms with van der Waals surface area (Å²) in [6.45, 7) is 9.29. The normalized spacial score (nSPS) is 13.6. The van der Waals surface area contributed by atoms with Gasteiger partial charge < -0.3 is 9.88 Å². The van der Waals surface area contributed by atoms with Crippen LogP contribution < -0.4 is 9.77 Å². The maximum Gasteiger partial charge on any atom is 0.305 e. The SMILES string of the molecule is CCN(CC)Cc1sc(=O)[nH]c1-c1ccc2c(c1)CCN2C(C)=O. The standard InChI is InChI=1S/C18H23N3O2S/c1-4-20(5-2)11-16-17(19-18(23)24-16)14-6-7-15-13(10-14)8-9-21(15)12(3)22/h6-7,10H,4-5,8-9,11H2,1-3H3,(H,19,23). The summed E-state index contributed by atoms with van der Waals surface area (Å²) >= 11 is 1.29. The summed E-state index contributed by atoms with van der Waals surface area (Å²) in [4.78, 5) is 31.8. The van der Waals surface area contributed by atoms with Gasteiger partial charge in [-0.15, -0.1) is 0 Å². The van der Waals surface area contributed by atoms with Crippen molar-refractivity contribution in [2.45, 2.75) is 33.7 Å². The first kappa shape index (κ1) is 16.9. The lowest BCUT2D eigenvalue weighted by Crippen LogP contribution is -2.25. The smallest absolute Gasteiger partial charge is 0.305 e. The second-order valence-electron chi connectivity index (χ2n) is 6.04. The molecule has 1 N–H and O–H groups in total. The van der Waals surface area contributed by atoms with E-state index in [9.17, 15) is 9.59 Å². The van der Waals surface area contributed by atoms with Crippen molar-refractivity contribution in [3.8, 4) is 11.3 Å². The Morgan fingerprint density at radius 1 is 1.33 bits per heavy atom. The lowest BCUT2D eigenvalue weighted by atomic mass is 10.1. The van der Waals surface area contributed by atoms with Gasteiger partial charge in [0.15, 0.2) is 0 Å². The number of rotatable bonds is 5. The van der Waals surface area contributed by atoms with Crippen molar-refractivity contribution in [1.29, 1.82) is 0 Å². The molecule has 0 bridgehead atoms. The van der Waals surface area contributed by atoms with Gasteiger partial charge in [0, 0.05) is 30.6 Å². The van der Waals surface area contributed by atoms with Crippen LogP contribution in [0.2, 0.25) is 0 Å². The summed E-state index contributed by atoms with van der Waals surface area (Å²) < 4.78 is 0. The molecule has 6 heteroatoms. The first-order valence-corrected chi connectivity index (χ1v) is 9.20. The number of carbonyl (C=O) groups is 1. The maximum absolute atomic E-state index is 11.9. The van der Waals surface area contributed by atoms with Crippen molar-refractivity contribution in [1.82, 2.24) is 9.88 Å². The molecular weight excluding hydrogens is 322 g/mol. The molecule has 1 aliphatic heterocycles. The van der Waals surface area contributed by atoms with Crippen LogP contribution in [0, 0.1) is 0 Å². The van der Waals surface area contributed by atoms with Gasteiger partial charge in [0.2, 0.25) is 5.91 Å². The van der Waals surface area contributed by atoms with E-state index in [0.717, 1.165) is 54.4 Å². The first-order chi connectivity index (χ1) is 11.5. The molecule has 1 aromatic carbocycles. The molecule has 0 fully saturated rings. The number of nitrogens with one attached hydrogen (secondary N) is 1. The zero-order valence-electron chi connectivity index (χ0n) is 14.4. The fourth-order valence-electron chi connectivity index (χ4n) is 3.24. The van der Waals surface area contributed by atoms with Gasteiger partial charge in [0.05, 0.1) is 5.69 Å². The third-order valence-corrected chi connectivity index (χ3v) is 5.49. The average Bonchev–Trinajstić information content (AvgIpc) is 3.15. The molecule has 1 aliphatic rings. The molecule has 1 amide bonds. The summed E-state index contributed by atoms with van der Waals surface area (Å²) in [5, 5.41) is 0. The molecular formula is C18H23N3O2S. The van der Waals surface area contributed by atoms with Crippen LogP contribution in [-0.2, 0) is 17.8 Å². The van der Waals surface area contributed by atoms with E-state index in [4.69, 9.17) is 0 Å². The van der Waals surface area contributed by atoms with Crippen molar-refractivity contribution in [2.24, 2.45) is 0 Å². The molecule has 2 aromatic rings. The number of hydrogen-bond acceptors (Lipinski definition) is 4. The van der Waals surface area contributed by atoms with Gasteiger partial charge in [-0.2, -0.15) is 0 Å². The number of nitrogens with zero attached hydrogens (tertiary/aromatic N) is 2. The zero-order valence-corrected chi connectivity index (χ0v) is 15.2. The van der Waals surface area contributed by atoms with Gasteiger partial charge in [0.1, 0.15) is 0 Å². The molecule has 0 spiro atoms. The van der Waals surface area contributed by atoms with E-state index in [1.807, 2.05) is 17.0 Å². The van der Waals surface area contributed by atoms with Crippen LogP contribution in [0.5, 0.6) is 0 Å². The number of anilines is 1. The van der Waals surface area contributed by atoms with Gasteiger partial charge >= 0.3 is 4.87 Å². The topological polar surface area (TPSA) is 56.4 Å². The molecule has 128 valence electrons. The number of aromatic amines is 1. The monoisotopic (exact) mass is 345 g/mol. The largest absolute Gasteiger partial charge is 0.312 e. The molecule has 2 heterocycles. The molecule has 3 rings (SSSR count). The van der Waals surface area contributed by atoms with Crippen LogP contribution in [0.1, 0.15) is 31.2 Å². The summed E-state index contributed by atoms with van der Waals surface area (Å²) in [5.74, 6) is 0.0765. The van der Waals surface area contributed by atoms with Gasteiger partial charge in [-0.05, 0) is 42.8 Å². The Balaban J connectivity index is 1.96. The molecule has 0 unspecified atom stereocenters. The Bertz CT molecular complexity index is 805. The number of H-pyrrole nitrogens is 1. The number of benzene rings is 1. The van der Waals surface area contributed by atoms with Gasteiger partial charge in [-0.3, -0.25) is 14.5 Å². The zero-order chi connectivity index (χ0) is 17.3. The Morgan fingerprint density at radius 2 is 2.08 bits per heavy atom. The summed E-state index contributed by atoms with van der Waals surface area (Å²) in [6, 6.07) is 6.11. The second-order valence-corrected chi connectivity index (χ2v) is 7.11. The first-order valence-electron chi connectivity index (χ1n) is 8.39. The third-order valence-electron chi connectivity index (χ3n) is 4.63. The van der Waals surface area contributed by atoms with E-state index in [2.05, 4.69) is 29.8 Å². The van der Waals surface area contributed by atoms with Crippen LogP contribution in [-0.4, -0.2) is 35.4 Å². The van der Waals surface area contributed by atoms with Crippen molar-refractivity contribution in [3.63, 3.8) is 0 Å². The van der Waals surface area contributed by atoms with Crippen LogP contribution in [0.4, 0.5) is 5.69 Å². The van der Waals surface area contributed by atoms with Crippen molar-refractivity contribution in [3.05, 3.63) is 38.3 Å². The molecule has 0 radical (unpaired) electrons. The minimum Gasteiger partial charge on any atom is -0.312 e. The quantitative estimate of drug-likeness (QED) is 0.906. The highest BCUT2D eigenvalue weighted by Gasteiger charge is 2.23. The van der Waals surface area contributed by atoms with Crippen LogP contribution in [0.15, 0.2) is 23.0 Å². The van der Waals surface area contributed by atoms with E-state index in [0.29, 0.717) is 0 Å². The van der Waals surface area contributed by atoms with Crippen molar-refractivity contribution in [2.75, 3.05) is 24.5 Å². The van der Waals surface area contributed by atoms with E-state index >= 15 is 0 Å². The molecule has 1 aromatic heterocycles. The van der Waals surface area contributed by atoms with Crippen molar-refractivity contribution < 1.29 is 4.79 Å². The minimum absolute atomic E-state index is 0.0157. The predicted octanol–water partition coefficient (Wildman–Crippen LogP) is 2.85. The average molecular weight is 345 g/mol. The number of fused-ring (bicyclic) bond motifs is 1. The van der Waals surface area contributed by atoms with Gasteiger partial charge in [-0.1, -0.05) is 31.3 Å². The number of hydrogen-bond donors (Lipinski definition) is 1. The maximum atomic E-state index is 11.9. The number of amides is 1. The number of carbonyl (C=O) groups excluding carboxylic acids is 1. The van der Waals surface area contributed by atoms with Gasteiger partial charge in [-0.25, -0.2) is 0 Å². The summed E-state index contributed by atoms with van der Waals surface area (Å²) in [7, 11) is 0. The fourth-order valence-corrected chi connectivity index (χ4v) is 4.13. The highest BCUT2D eigenvalue weighted by Crippen LogP contribution is 2.33. The lowest BCUT2D eigenvalue weighted by molar-refractivity contribution is -0.116. The molecule has 5 nitrogen and oxygen atoms in total. The van der Waals surface area contributed by atoms with Crippen molar-refractivity contribution >= 4 is 22.9 Å². The number of thiazole rings is 1. The summed E-state index contributed by atoms with van der Waals surface area (Å²) in [5.41, 5.74) is 4.11.